The first-order chi connectivity index (χ1) is 9.63. The van der Waals surface area contributed by atoms with E-state index in [-0.39, 0.29) is 11.5 Å². The van der Waals surface area contributed by atoms with Crippen LogP contribution in [-0.4, -0.2) is 21.7 Å². The molecule has 1 aliphatic rings. The molecule has 4 heteroatoms. The first-order valence-electron chi connectivity index (χ1n) is 6.73. The maximum atomic E-state index is 9.54. The van der Waals surface area contributed by atoms with Crippen LogP contribution in [0.5, 0.6) is 11.5 Å². The molecular weight excluding hydrogens is 252 g/mol. The van der Waals surface area contributed by atoms with Gasteiger partial charge in [-0.15, -0.1) is 0 Å². The molecule has 0 saturated carbocycles. The Morgan fingerprint density at radius 2 is 1.95 bits per heavy atom. The molecule has 0 aromatic heterocycles. The van der Waals surface area contributed by atoms with Crippen LogP contribution in [0.25, 0.3) is 0 Å². The molecule has 2 aromatic carbocycles. The molecule has 1 aliphatic heterocycles. The predicted molar refractivity (Wildman–Crippen MR) is 78.4 cm³/mol. The fraction of sp³-hybridized carbons (Fsp3) is 0.250. The Morgan fingerprint density at radius 1 is 1.10 bits per heavy atom. The lowest BCUT2D eigenvalue weighted by Gasteiger charge is -2.29. The number of anilines is 1. The number of nitrogens with zero attached hydrogens (tertiary/aromatic N) is 1. The van der Waals surface area contributed by atoms with Crippen LogP contribution in [-0.2, 0) is 19.5 Å². The Hall–Kier alpha value is -2.20. The minimum Gasteiger partial charge on any atom is -0.504 e. The second kappa shape index (κ2) is 5.06. The molecule has 0 spiro atoms. The SMILES string of the molecule is Nc1cccc2c1CCN(Cc1ccc(O)c(O)c1)C2. The van der Waals surface area contributed by atoms with Crippen LogP contribution in [0.1, 0.15) is 16.7 Å². The van der Waals surface area contributed by atoms with Crippen molar-refractivity contribution < 1.29 is 10.2 Å². The van der Waals surface area contributed by atoms with Crippen LogP contribution in [0, 0.1) is 0 Å². The van der Waals surface area contributed by atoms with E-state index in [0.717, 1.165) is 37.3 Å². The largest absolute Gasteiger partial charge is 0.504 e. The Kier molecular flexibility index (Phi) is 3.24. The Morgan fingerprint density at radius 3 is 2.75 bits per heavy atom. The van der Waals surface area contributed by atoms with Crippen molar-refractivity contribution in [2.45, 2.75) is 19.5 Å². The summed E-state index contributed by atoms with van der Waals surface area (Å²) < 4.78 is 0. The molecule has 0 saturated heterocycles. The molecule has 0 radical (unpaired) electrons. The van der Waals surface area contributed by atoms with E-state index >= 15 is 0 Å². The number of fused-ring (bicyclic) bond motifs is 1. The van der Waals surface area contributed by atoms with Gasteiger partial charge >= 0.3 is 0 Å². The normalized spacial score (nSPS) is 15.0. The number of hydrogen-bond acceptors (Lipinski definition) is 4. The average Bonchev–Trinajstić information content (AvgIpc) is 2.43. The lowest BCUT2D eigenvalue weighted by molar-refractivity contribution is 0.245. The van der Waals surface area contributed by atoms with Gasteiger partial charge in [0.1, 0.15) is 0 Å². The molecule has 4 nitrogen and oxygen atoms in total. The first kappa shape index (κ1) is 12.8. The van der Waals surface area contributed by atoms with E-state index in [1.54, 1.807) is 6.07 Å². The highest BCUT2D eigenvalue weighted by atomic mass is 16.3. The van der Waals surface area contributed by atoms with Crippen molar-refractivity contribution in [1.29, 1.82) is 0 Å². The summed E-state index contributed by atoms with van der Waals surface area (Å²) in [6.07, 6.45) is 0.950. The van der Waals surface area contributed by atoms with Crippen LogP contribution in [0.3, 0.4) is 0 Å². The molecule has 2 aromatic rings. The van der Waals surface area contributed by atoms with Crippen molar-refractivity contribution in [3.63, 3.8) is 0 Å². The van der Waals surface area contributed by atoms with E-state index in [1.807, 2.05) is 18.2 Å². The van der Waals surface area contributed by atoms with Crippen LogP contribution in [0.15, 0.2) is 36.4 Å². The summed E-state index contributed by atoms with van der Waals surface area (Å²) in [5.41, 5.74) is 10.4. The lowest BCUT2D eigenvalue weighted by Crippen LogP contribution is -2.30. The van der Waals surface area contributed by atoms with Crippen LogP contribution < -0.4 is 5.73 Å². The first-order valence-corrected chi connectivity index (χ1v) is 6.73. The summed E-state index contributed by atoms with van der Waals surface area (Å²) in [5, 5.41) is 18.9. The molecule has 0 aliphatic carbocycles. The van der Waals surface area contributed by atoms with Crippen LogP contribution in [0.2, 0.25) is 0 Å². The van der Waals surface area contributed by atoms with Gasteiger partial charge in [0.2, 0.25) is 0 Å². The molecule has 0 bridgehead atoms. The van der Waals surface area contributed by atoms with Crippen molar-refractivity contribution in [3.8, 4) is 11.5 Å². The van der Waals surface area contributed by atoms with Gasteiger partial charge in [0.15, 0.2) is 11.5 Å². The third-order valence-corrected chi connectivity index (χ3v) is 3.83. The standard InChI is InChI=1S/C16H18N2O2/c17-14-3-1-2-12-10-18(7-6-13(12)14)9-11-4-5-15(19)16(20)8-11/h1-5,8,19-20H,6-7,9-10,17H2. The van der Waals surface area contributed by atoms with E-state index < -0.39 is 0 Å². The molecule has 0 amide bonds. The van der Waals surface area contributed by atoms with Gasteiger partial charge in [0.25, 0.3) is 0 Å². The number of hydrogen-bond donors (Lipinski definition) is 3. The molecule has 1 heterocycles. The van der Waals surface area contributed by atoms with Crippen molar-refractivity contribution in [3.05, 3.63) is 53.1 Å². The van der Waals surface area contributed by atoms with Gasteiger partial charge in [-0.05, 0) is 41.3 Å². The average molecular weight is 270 g/mol. The third kappa shape index (κ3) is 2.42. The Balaban J connectivity index is 1.76. The fourth-order valence-corrected chi connectivity index (χ4v) is 2.76. The summed E-state index contributed by atoms with van der Waals surface area (Å²) in [7, 11) is 0. The molecular formula is C16H18N2O2. The monoisotopic (exact) mass is 270 g/mol. The maximum Gasteiger partial charge on any atom is 0.157 e. The van der Waals surface area contributed by atoms with E-state index in [0.29, 0.717) is 0 Å². The zero-order chi connectivity index (χ0) is 14.1. The Labute approximate surface area is 118 Å². The van der Waals surface area contributed by atoms with Gasteiger partial charge in [-0.3, -0.25) is 4.90 Å². The van der Waals surface area contributed by atoms with Gasteiger partial charge in [0.05, 0.1) is 0 Å². The molecule has 4 N–H and O–H groups in total. The van der Waals surface area contributed by atoms with Gasteiger partial charge in [0, 0.05) is 25.3 Å². The van der Waals surface area contributed by atoms with Crippen molar-refractivity contribution in [2.75, 3.05) is 12.3 Å². The third-order valence-electron chi connectivity index (χ3n) is 3.83. The van der Waals surface area contributed by atoms with Crippen molar-refractivity contribution in [2.24, 2.45) is 0 Å². The highest BCUT2D eigenvalue weighted by molar-refractivity contribution is 5.52. The number of nitrogen functional groups attached to an aromatic ring is 1. The lowest BCUT2D eigenvalue weighted by atomic mass is 9.97. The smallest absolute Gasteiger partial charge is 0.157 e. The molecule has 0 fully saturated rings. The molecule has 0 unspecified atom stereocenters. The number of nitrogens with two attached hydrogens (primary N) is 1. The number of aromatic hydroxyl groups is 2. The van der Waals surface area contributed by atoms with Gasteiger partial charge in [-0.1, -0.05) is 18.2 Å². The number of phenolic OH excluding ortho intramolecular Hbond substituents is 2. The van der Waals surface area contributed by atoms with E-state index in [4.69, 9.17) is 5.73 Å². The Bertz CT molecular complexity index is 640. The van der Waals surface area contributed by atoms with Gasteiger partial charge in [-0.25, -0.2) is 0 Å². The topological polar surface area (TPSA) is 69.7 Å². The van der Waals surface area contributed by atoms with E-state index in [9.17, 15) is 10.2 Å². The van der Waals surface area contributed by atoms with Crippen LogP contribution in [0.4, 0.5) is 5.69 Å². The number of benzene rings is 2. The van der Waals surface area contributed by atoms with Crippen molar-refractivity contribution >= 4 is 5.69 Å². The summed E-state index contributed by atoms with van der Waals surface area (Å²) in [6, 6.07) is 11.0. The minimum atomic E-state index is -0.0782. The number of phenols is 2. The van der Waals surface area contributed by atoms with E-state index in [2.05, 4.69) is 11.0 Å². The summed E-state index contributed by atoms with van der Waals surface area (Å²) in [6.45, 7) is 2.56. The molecule has 0 atom stereocenters. The van der Waals surface area contributed by atoms with Gasteiger partial charge in [-0.2, -0.15) is 0 Å². The highest BCUT2D eigenvalue weighted by Crippen LogP contribution is 2.28. The molecule has 104 valence electrons. The maximum absolute atomic E-state index is 9.54. The summed E-state index contributed by atoms with van der Waals surface area (Å²) in [4.78, 5) is 2.31. The van der Waals surface area contributed by atoms with Crippen molar-refractivity contribution in [1.82, 2.24) is 4.90 Å². The second-order valence-electron chi connectivity index (χ2n) is 5.27. The summed E-state index contributed by atoms with van der Waals surface area (Å²) in [5.74, 6) is -0.144. The van der Waals surface area contributed by atoms with Crippen LogP contribution >= 0.6 is 0 Å². The molecule has 3 rings (SSSR count). The minimum absolute atomic E-state index is 0.0656. The highest BCUT2D eigenvalue weighted by Gasteiger charge is 2.18. The van der Waals surface area contributed by atoms with E-state index in [1.165, 1.54) is 17.2 Å². The zero-order valence-electron chi connectivity index (χ0n) is 11.2. The summed E-state index contributed by atoms with van der Waals surface area (Å²) >= 11 is 0. The predicted octanol–water partition coefficient (Wildman–Crippen LogP) is 2.24. The quantitative estimate of drug-likeness (QED) is 0.578. The fourth-order valence-electron chi connectivity index (χ4n) is 2.76. The zero-order valence-corrected chi connectivity index (χ0v) is 11.2. The molecule has 20 heavy (non-hydrogen) atoms. The number of rotatable bonds is 2. The second-order valence-corrected chi connectivity index (χ2v) is 5.27. The van der Waals surface area contributed by atoms with Gasteiger partial charge < -0.3 is 15.9 Å².